The molecule has 0 unspecified atom stereocenters. The Morgan fingerprint density at radius 2 is 2.18 bits per heavy atom. The van der Waals surface area contributed by atoms with Crippen molar-refractivity contribution in [3.05, 3.63) is 24.3 Å². The van der Waals surface area contributed by atoms with E-state index >= 15 is 0 Å². The van der Waals surface area contributed by atoms with Gasteiger partial charge in [-0.2, -0.15) is 0 Å². The Morgan fingerprint density at radius 3 is 2.82 bits per heavy atom. The first-order chi connectivity index (χ1) is 8.11. The molecule has 1 amide bonds. The Hall–Kier alpha value is -1.51. The minimum Gasteiger partial charge on any atom is -0.494 e. The second-order valence-electron chi connectivity index (χ2n) is 4.46. The number of hydrogen-bond donors (Lipinski definition) is 1. The van der Waals surface area contributed by atoms with E-state index in [1.807, 2.05) is 31.2 Å². The zero-order valence-corrected chi connectivity index (χ0v) is 10.8. The number of carbonyl (C=O) groups is 1. The molecule has 0 saturated heterocycles. The largest absolute Gasteiger partial charge is 0.494 e. The molecule has 0 spiro atoms. The quantitative estimate of drug-likeness (QED) is 0.820. The number of ether oxygens (including phenoxy) is 1. The highest BCUT2D eigenvalue weighted by Crippen LogP contribution is 2.18. The maximum atomic E-state index is 11.2. The summed E-state index contributed by atoms with van der Waals surface area (Å²) < 4.78 is 5.62. The molecular weight excluding hydrogens is 214 g/mol. The van der Waals surface area contributed by atoms with E-state index in [2.05, 4.69) is 19.2 Å². The number of anilines is 1. The minimum absolute atomic E-state index is 0.0179. The summed E-state index contributed by atoms with van der Waals surface area (Å²) in [5.41, 5.74) is 0.791. The summed E-state index contributed by atoms with van der Waals surface area (Å²) in [4.78, 5) is 11.2. The van der Waals surface area contributed by atoms with Gasteiger partial charge in [-0.1, -0.05) is 26.8 Å². The van der Waals surface area contributed by atoms with Crippen molar-refractivity contribution in [3.8, 4) is 5.75 Å². The Labute approximate surface area is 103 Å². The van der Waals surface area contributed by atoms with Gasteiger partial charge in [-0.25, -0.2) is 0 Å². The predicted molar refractivity (Wildman–Crippen MR) is 70.3 cm³/mol. The summed E-state index contributed by atoms with van der Waals surface area (Å²) in [5, 5.41) is 2.81. The third kappa shape index (κ3) is 5.38. The molecule has 1 N–H and O–H groups in total. The Bertz CT molecular complexity index is 361. The molecule has 0 saturated carbocycles. The number of hydrogen-bond acceptors (Lipinski definition) is 2. The standard InChI is InChI=1S/C14H21NO2/c1-4-14(16)15-12-6-5-7-13(10-12)17-9-8-11(2)3/h5-7,10-11H,4,8-9H2,1-3H3,(H,15,16). The lowest BCUT2D eigenvalue weighted by atomic mass is 10.1. The van der Waals surface area contributed by atoms with Gasteiger partial charge in [0.05, 0.1) is 6.61 Å². The van der Waals surface area contributed by atoms with Crippen LogP contribution in [0.15, 0.2) is 24.3 Å². The molecule has 0 atom stereocenters. The molecule has 1 aromatic carbocycles. The fourth-order valence-electron chi connectivity index (χ4n) is 1.33. The Balaban J connectivity index is 2.50. The molecule has 0 heterocycles. The SMILES string of the molecule is CCC(=O)Nc1cccc(OCCC(C)C)c1. The monoisotopic (exact) mass is 235 g/mol. The van der Waals surface area contributed by atoms with Gasteiger partial charge in [-0.05, 0) is 24.5 Å². The van der Waals surface area contributed by atoms with E-state index in [0.29, 0.717) is 18.9 Å². The number of rotatable bonds is 6. The summed E-state index contributed by atoms with van der Waals surface area (Å²) in [6.45, 7) is 6.88. The van der Waals surface area contributed by atoms with Gasteiger partial charge in [0, 0.05) is 18.2 Å². The highest BCUT2D eigenvalue weighted by molar-refractivity contribution is 5.90. The van der Waals surface area contributed by atoms with Crippen LogP contribution in [0.5, 0.6) is 5.75 Å². The van der Waals surface area contributed by atoms with Crippen molar-refractivity contribution in [2.75, 3.05) is 11.9 Å². The van der Waals surface area contributed by atoms with Crippen molar-refractivity contribution in [2.24, 2.45) is 5.92 Å². The van der Waals surface area contributed by atoms with Crippen molar-refractivity contribution in [1.29, 1.82) is 0 Å². The second kappa shape index (κ2) is 6.94. The second-order valence-corrected chi connectivity index (χ2v) is 4.46. The normalized spacial score (nSPS) is 10.4. The van der Waals surface area contributed by atoms with Crippen LogP contribution in [0.4, 0.5) is 5.69 Å². The molecule has 0 aliphatic rings. The first-order valence-electron chi connectivity index (χ1n) is 6.14. The Kier molecular flexibility index (Phi) is 5.53. The van der Waals surface area contributed by atoms with Gasteiger partial charge in [-0.15, -0.1) is 0 Å². The third-order valence-electron chi connectivity index (χ3n) is 2.40. The molecule has 0 bridgehead atoms. The van der Waals surface area contributed by atoms with E-state index in [0.717, 1.165) is 17.9 Å². The van der Waals surface area contributed by atoms with Crippen molar-refractivity contribution < 1.29 is 9.53 Å². The highest BCUT2D eigenvalue weighted by atomic mass is 16.5. The van der Waals surface area contributed by atoms with Crippen molar-refractivity contribution in [2.45, 2.75) is 33.6 Å². The van der Waals surface area contributed by atoms with Crippen LogP contribution in [-0.2, 0) is 4.79 Å². The van der Waals surface area contributed by atoms with Crippen LogP contribution in [0.2, 0.25) is 0 Å². The maximum absolute atomic E-state index is 11.2. The molecule has 0 aliphatic heterocycles. The lowest BCUT2D eigenvalue weighted by molar-refractivity contribution is -0.115. The number of amides is 1. The molecule has 0 aromatic heterocycles. The first kappa shape index (κ1) is 13.6. The molecule has 3 heteroatoms. The molecule has 1 aromatic rings. The van der Waals surface area contributed by atoms with Gasteiger partial charge in [0.25, 0.3) is 0 Å². The molecule has 1 rings (SSSR count). The van der Waals surface area contributed by atoms with Crippen LogP contribution in [0, 0.1) is 5.92 Å². The molecule has 0 radical (unpaired) electrons. The highest BCUT2D eigenvalue weighted by Gasteiger charge is 2.01. The zero-order chi connectivity index (χ0) is 12.7. The van der Waals surface area contributed by atoms with Crippen LogP contribution >= 0.6 is 0 Å². The average molecular weight is 235 g/mol. The minimum atomic E-state index is 0.0179. The van der Waals surface area contributed by atoms with Gasteiger partial charge < -0.3 is 10.1 Å². The zero-order valence-electron chi connectivity index (χ0n) is 10.8. The van der Waals surface area contributed by atoms with Gasteiger partial charge in [-0.3, -0.25) is 4.79 Å². The fraction of sp³-hybridized carbons (Fsp3) is 0.500. The Morgan fingerprint density at radius 1 is 1.41 bits per heavy atom. The van der Waals surface area contributed by atoms with E-state index in [-0.39, 0.29) is 5.91 Å². The van der Waals surface area contributed by atoms with E-state index in [1.165, 1.54) is 0 Å². The van der Waals surface area contributed by atoms with Crippen molar-refractivity contribution in [1.82, 2.24) is 0 Å². The van der Waals surface area contributed by atoms with Crippen LogP contribution in [-0.4, -0.2) is 12.5 Å². The topological polar surface area (TPSA) is 38.3 Å². The molecule has 94 valence electrons. The van der Waals surface area contributed by atoms with Crippen LogP contribution in [0.25, 0.3) is 0 Å². The number of benzene rings is 1. The average Bonchev–Trinajstić information content (AvgIpc) is 2.29. The molecular formula is C14H21NO2. The van der Waals surface area contributed by atoms with E-state index in [4.69, 9.17) is 4.74 Å². The van der Waals surface area contributed by atoms with Crippen molar-refractivity contribution >= 4 is 11.6 Å². The summed E-state index contributed by atoms with van der Waals surface area (Å²) >= 11 is 0. The number of carbonyl (C=O) groups excluding carboxylic acids is 1. The third-order valence-corrected chi connectivity index (χ3v) is 2.40. The maximum Gasteiger partial charge on any atom is 0.224 e. The molecule has 0 aliphatic carbocycles. The predicted octanol–water partition coefficient (Wildman–Crippen LogP) is 3.46. The summed E-state index contributed by atoms with van der Waals surface area (Å²) in [6, 6.07) is 7.51. The van der Waals surface area contributed by atoms with Crippen LogP contribution in [0.3, 0.4) is 0 Å². The summed E-state index contributed by atoms with van der Waals surface area (Å²) in [6.07, 6.45) is 1.52. The van der Waals surface area contributed by atoms with Gasteiger partial charge in [0.2, 0.25) is 5.91 Å². The van der Waals surface area contributed by atoms with Crippen LogP contribution < -0.4 is 10.1 Å². The van der Waals surface area contributed by atoms with Gasteiger partial charge >= 0.3 is 0 Å². The lowest BCUT2D eigenvalue weighted by Crippen LogP contribution is -2.09. The van der Waals surface area contributed by atoms with E-state index in [9.17, 15) is 4.79 Å². The van der Waals surface area contributed by atoms with Gasteiger partial charge in [0.15, 0.2) is 0 Å². The van der Waals surface area contributed by atoms with E-state index < -0.39 is 0 Å². The lowest BCUT2D eigenvalue weighted by Gasteiger charge is -2.09. The van der Waals surface area contributed by atoms with E-state index in [1.54, 1.807) is 0 Å². The van der Waals surface area contributed by atoms with Gasteiger partial charge in [0.1, 0.15) is 5.75 Å². The summed E-state index contributed by atoms with van der Waals surface area (Å²) in [5.74, 6) is 1.46. The molecule has 17 heavy (non-hydrogen) atoms. The fourth-order valence-corrected chi connectivity index (χ4v) is 1.33. The van der Waals surface area contributed by atoms with Crippen molar-refractivity contribution in [3.63, 3.8) is 0 Å². The van der Waals surface area contributed by atoms with Crippen LogP contribution in [0.1, 0.15) is 33.6 Å². The molecule has 3 nitrogen and oxygen atoms in total. The number of nitrogens with one attached hydrogen (secondary N) is 1. The first-order valence-corrected chi connectivity index (χ1v) is 6.14. The summed E-state index contributed by atoms with van der Waals surface area (Å²) in [7, 11) is 0. The molecule has 0 fully saturated rings. The smallest absolute Gasteiger partial charge is 0.224 e.